The van der Waals surface area contributed by atoms with Gasteiger partial charge >= 0.3 is 0 Å². The molecule has 0 heterocycles. The highest BCUT2D eigenvalue weighted by Gasteiger charge is 1.97. The first kappa shape index (κ1) is 10.6. The average molecular weight is 212 g/mol. The number of hydrogen-bond donors (Lipinski definition) is 2. The molecule has 0 atom stereocenters. The molecule has 0 aliphatic heterocycles. The Morgan fingerprint density at radius 3 is 2.69 bits per heavy atom. The lowest BCUT2D eigenvalue weighted by molar-refractivity contribution is 0.865. The van der Waals surface area contributed by atoms with Gasteiger partial charge in [0.2, 0.25) is 0 Å². The van der Waals surface area contributed by atoms with E-state index in [1.54, 1.807) is 0 Å². The van der Waals surface area contributed by atoms with Crippen LogP contribution in [0.1, 0.15) is 5.56 Å². The maximum absolute atomic E-state index is 3.25. The molecule has 0 aliphatic carbocycles. The summed E-state index contributed by atoms with van der Waals surface area (Å²) in [6.45, 7) is 0.847. The van der Waals surface area contributed by atoms with E-state index in [-0.39, 0.29) is 0 Å². The van der Waals surface area contributed by atoms with Gasteiger partial charge in [-0.2, -0.15) is 0 Å². The molecular weight excluding hydrogens is 196 g/mol. The minimum absolute atomic E-state index is 0.847. The smallest absolute Gasteiger partial charge is 0.0401 e. The summed E-state index contributed by atoms with van der Waals surface area (Å²) in [6, 6.07) is 14.8. The summed E-state index contributed by atoms with van der Waals surface area (Å²) in [5.74, 6) is 0. The first-order valence-electron chi connectivity index (χ1n) is 5.44. The second-order valence-electron chi connectivity index (χ2n) is 3.64. The van der Waals surface area contributed by atoms with Crippen molar-refractivity contribution in [2.45, 2.75) is 6.54 Å². The van der Waals surface area contributed by atoms with Gasteiger partial charge in [-0.3, -0.25) is 0 Å². The molecule has 0 aromatic heterocycles. The van der Waals surface area contributed by atoms with Crippen LogP contribution in [0.5, 0.6) is 0 Å². The third kappa shape index (κ3) is 2.34. The molecule has 0 fully saturated rings. The zero-order valence-corrected chi connectivity index (χ0v) is 9.40. The normalized spacial score (nSPS) is 10.8. The molecule has 0 amide bonds. The van der Waals surface area contributed by atoms with E-state index < -0.39 is 0 Å². The SMILES string of the molecule is CN/C=C\NCc1cccc2ccccc12. The summed E-state index contributed by atoms with van der Waals surface area (Å²) in [4.78, 5) is 0. The van der Waals surface area contributed by atoms with Crippen LogP contribution in [0.25, 0.3) is 10.8 Å². The Kier molecular flexibility index (Phi) is 3.44. The quantitative estimate of drug-likeness (QED) is 0.814. The zero-order valence-electron chi connectivity index (χ0n) is 9.40. The van der Waals surface area contributed by atoms with Gasteiger partial charge in [0.1, 0.15) is 0 Å². The van der Waals surface area contributed by atoms with Crippen molar-refractivity contribution >= 4 is 10.8 Å². The molecule has 0 spiro atoms. The van der Waals surface area contributed by atoms with Gasteiger partial charge in [-0.1, -0.05) is 42.5 Å². The van der Waals surface area contributed by atoms with Crippen LogP contribution >= 0.6 is 0 Å². The van der Waals surface area contributed by atoms with Crippen LogP contribution in [0.15, 0.2) is 54.9 Å². The van der Waals surface area contributed by atoms with Crippen molar-refractivity contribution in [1.82, 2.24) is 10.6 Å². The first-order chi connectivity index (χ1) is 7.92. The second kappa shape index (κ2) is 5.21. The van der Waals surface area contributed by atoms with Crippen LogP contribution in [-0.2, 0) is 6.54 Å². The van der Waals surface area contributed by atoms with Crippen molar-refractivity contribution in [1.29, 1.82) is 0 Å². The number of nitrogens with one attached hydrogen (secondary N) is 2. The van der Waals surface area contributed by atoms with E-state index in [0.717, 1.165) is 6.54 Å². The van der Waals surface area contributed by atoms with Crippen LogP contribution in [0.3, 0.4) is 0 Å². The fourth-order valence-electron chi connectivity index (χ4n) is 1.76. The maximum atomic E-state index is 3.25. The Morgan fingerprint density at radius 2 is 1.81 bits per heavy atom. The average Bonchev–Trinajstić information content (AvgIpc) is 2.35. The van der Waals surface area contributed by atoms with Crippen molar-refractivity contribution in [3.63, 3.8) is 0 Å². The van der Waals surface area contributed by atoms with Crippen LogP contribution in [0.4, 0.5) is 0 Å². The first-order valence-corrected chi connectivity index (χ1v) is 5.44. The number of benzene rings is 2. The minimum Gasteiger partial charge on any atom is -0.393 e. The van der Waals surface area contributed by atoms with Crippen LogP contribution in [0.2, 0.25) is 0 Å². The lowest BCUT2D eigenvalue weighted by Gasteiger charge is -2.06. The molecule has 2 aromatic rings. The van der Waals surface area contributed by atoms with Gasteiger partial charge < -0.3 is 10.6 Å². The van der Waals surface area contributed by atoms with Crippen LogP contribution < -0.4 is 10.6 Å². The Bertz CT molecular complexity index is 484. The lowest BCUT2D eigenvalue weighted by Crippen LogP contribution is -2.06. The predicted molar refractivity (Wildman–Crippen MR) is 69.0 cm³/mol. The Hall–Kier alpha value is -1.96. The fraction of sp³-hybridized carbons (Fsp3) is 0.143. The summed E-state index contributed by atoms with van der Waals surface area (Å²) in [6.07, 6.45) is 3.80. The predicted octanol–water partition coefficient (Wildman–Crippen LogP) is 2.62. The van der Waals surface area contributed by atoms with E-state index in [1.807, 2.05) is 19.4 Å². The molecule has 0 saturated carbocycles. The van der Waals surface area contributed by atoms with E-state index in [4.69, 9.17) is 0 Å². The molecule has 2 rings (SSSR count). The van der Waals surface area contributed by atoms with Gasteiger partial charge in [-0.25, -0.2) is 0 Å². The van der Waals surface area contributed by atoms with Crippen molar-refractivity contribution < 1.29 is 0 Å². The molecule has 0 saturated heterocycles. The van der Waals surface area contributed by atoms with E-state index in [2.05, 4.69) is 53.1 Å². The summed E-state index contributed by atoms with van der Waals surface area (Å²) < 4.78 is 0. The van der Waals surface area contributed by atoms with E-state index >= 15 is 0 Å². The Morgan fingerprint density at radius 1 is 1.00 bits per heavy atom. The summed E-state index contributed by atoms with van der Waals surface area (Å²) in [7, 11) is 1.89. The fourth-order valence-corrected chi connectivity index (χ4v) is 1.76. The van der Waals surface area contributed by atoms with Crippen molar-refractivity contribution in [3.05, 3.63) is 60.4 Å². The lowest BCUT2D eigenvalue weighted by atomic mass is 10.0. The second-order valence-corrected chi connectivity index (χ2v) is 3.64. The third-order valence-corrected chi connectivity index (χ3v) is 2.54. The largest absolute Gasteiger partial charge is 0.393 e. The zero-order chi connectivity index (χ0) is 11.2. The van der Waals surface area contributed by atoms with Crippen LogP contribution in [-0.4, -0.2) is 7.05 Å². The number of fused-ring (bicyclic) bond motifs is 1. The van der Waals surface area contributed by atoms with Crippen molar-refractivity contribution in [2.75, 3.05) is 7.05 Å². The Labute approximate surface area is 96.0 Å². The summed E-state index contributed by atoms with van der Waals surface area (Å²) in [5, 5.41) is 8.81. The van der Waals surface area contributed by atoms with Gasteiger partial charge in [0.25, 0.3) is 0 Å². The molecule has 2 nitrogen and oxygen atoms in total. The van der Waals surface area contributed by atoms with Gasteiger partial charge in [0.05, 0.1) is 0 Å². The summed E-state index contributed by atoms with van der Waals surface area (Å²) >= 11 is 0. The monoisotopic (exact) mass is 212 g/mol. The third-order valence-electron chi connectivity index (χ3n) is 2.54. The molecule has 0 bridgehead atoms. The molecule has 0 unspecified atom stereocenters. The summed E-state index contributed by atoms with van der Waals surface area (Å²) in [5.41, 5.74) is 1.32. The van der Waals surface area contributed by atoms with E-state index in [9.17, 15) is 0 Å². The van der Waals surface area contributed by atoms with Crippen LogP contribution in [0, 0.1) is 0 Å². The van der Waals surface area contributed by atoms with Gasteiger partial charge in [-0.05, 0) is 16.3 Å². The molecule has 0 aliphatic rings. The highest BCUT2D eigenvalue weighted by atomic mass is 14.9. The van der Waals surface area contributed by atoms with Crippen molar-refractivity contribution in [3.8, 4) is 0 Å². The van der Waals surface area contributed by atoms with Crippen molar-refractivity contribution in [2.24, 2.45) is 0 Å². The molecule has 16 heavy (non-hydrogen) atoms. The molecule has 2 N–H and O–H groups in total. The van der Waals surface area contributed by atoms with Gasteiger partial charge in [0, 0.05) is 26.0 Å². The highest BCUT2D eigenvalue weighted by Crippen LogP contribution is 2.17. The molecular formula is C14H16N2. The van der Waals surface area contributed by atoms with Gasteiger partial charge in [-0.15, -0.1) is 0 Å². The maximum Gasteiger partial charge on any atom is 0.0401 e. The standard InChI is InChI=1S/C14H16N2/c1-15-9-10-16-11-13-7-4-6-12-5-2-3-8-14(12)13/h2-10,15-16H,11H2,1H3/b10-9-. The van der Waals surface area contributed by atoms with E-state index in [0.29, 0.717) is 0 Å². The highest BCUT2D eigenvalue weighted by molar-refractivity contribution is 5.85. The number of rotatable bonds is 4. The topological polar surface area (TPSA) is 24.1 Å². The number of hydrogen-bond acceptors (Lipinski definition) is 2. The Balaban J connectivity index is 2.20. The minimum atomic E-state index is 0.847. The molecule has 2 aromatic carbocycles. The molecule has 0 radical (unpaired) electrons. The molecule has 82 valence electrons. The van der Waals surface area contributed by atoms with E-state index in [1.165, 1.54) is 16.3 Å². The van der Waals surface area contributed by atoms with Gasteiger partial charge in [0.15, 0.2) is 0 Å². The molecule has 2 heteroatoms.